The van der Waals surface area contributed by atoms with Crippen molar-refractivity contribution < 1.29 is 9.59 Å². The van der Waals surface area contributed by atoms with Crippen molar-refractivity contribution in [1.82, 2.24) is 10.2 Å². The molecule has 0 spiro atoms. The molecule has 100 valence electrons. The van der Waals surface area contributed by atoms with Crippen molar-refractivity contribution >= 4 is 11.8 Å². The van der Waals surface area contributed by atoms with Crippen LogP contribution in [0.4, 0.5) is 0 Å². The van der Waals surface area contributed by atoms with Crippen LogP contribution in [0.25, 0.3) is 0 Å². The molecular formula is C12H25N3O2. The summed E-state index contributed by atoms with van der Waals surface area (Å²) in [4.78, 5) is 25.0. The van der Waals surface area contributed by atoms with E-state index in [1.807, 2.05) is 20.8 Å². The number of amides is 2. The Morgan fingerprint density at radius 1 is 1.24 bits per heavy atom. The Bertz CT molecular complexity index is 212. The van der Waals surface area contributed by atoms with Crippen LogP contribution in [-0.4, -0.2) is 42.9 Å². The molecule has 1 unspecified atom stereocenters. The Labute approximate surface area is 104 Å². The van der Waals surface area contributed by atoms with Gasteiger partial charge in [-0.15, -0.1) is 0 Å². The third kappa shape index (κ3) is 5.68. The van der Waals surface area contributed by atoms with E-state index in [9.17, 15) is 9.59 Å². The molecule has 3 N–H and O–H groups in total. The van der Waals surface area contributed by atoms with Crippen LogP contribution in [0.15, 0.2) is 0 Å². The van der Waals surface area contributed by atoms with Crippen LogP contribution in [0.5, 0.6) is 0 Å². The molecule has 0 saturated carbocycles. The summed E-state index contributed by atoms with van der Waals surface area (Å²) in [6, 6.07) is 0. The first-order chi connectivity index (χ1) is 8.10. The quantitative estimate of drug-likeness (QED) is 0.646. The lowest BCUT2D eigenvalue weighted by Gasteiger charge is -2.19. The normalized spacial score (nSPS) is 12.0. The third-order valence-electron chi connectivity index (χ3n) is 2.90. The fourth-order valence-electron chi connectivity index (χ4n) is 1.63. The lowest BCUT2D eigenvalue weighted by atomic mass is 10.1. The minimum absolute atomic E-state index is 0.0534. The maximum atomic E-state index is 11.6. The molecule has 0 saturated heterocycles. The number of nitrogens with two attached hydrogens (primary N) is 1. The van der Waals surface area contributed by atoms with E-state index in [-0.39, 0.29) is 17.7 Å². The maximum absolute atomic E-state index is 11.6. The highest BCUT2D eigenvalue weighted by Crippen LogP contribution is 1.99. The summed E-state index contributed by atoms with van der Waals surface area (Å²) >= 11 is 0. The van der Waals surface area contributed by atoms with Gasteiger partial charge in [0.1, 0.15) is 0 Å². The van der Waals surface area contributed by atoms with Crippen molar-refractivity contribution in [3.63, 3.8) is 0 Å². The summed E-state index contributed by atoms with van der Waals surface area (Å²) in [5.41, 5.74) is 5.47. The van der Waals surface area contributed by atoms with E-state index >= 15 is 0 Å². The van der Waals surface area contributed by atoms with Gasteiger partial charge in [0.2, 0.25) is 11.8 Å². The molecule has 0 aliphatic heterocycles. The number of carbonyl (C=O) groups excluding carboxylic acids is 2. The van der Waals surface area contributed by atoms with Gasteiger partial charge in [-0.25, -0.2) is 0 Å². The second kappa shape index (κ2) is 8.98. The second-order valence-electron chi connectivity index (χ2n) is 3.95. The highest BCUT2D eigenvalue weighted by Gasteiger charge is 2.15. The number of rotatable bonds is 8. The van der Waals surface area contributed by atoms with Gasteiger partial charge in [0.25, 0.3) is 0 Å². The summed E-state index contributed by atoms with van der Waals surface area (Å²) in [6.07, 6.45) is 1.08. The zero-order valence-electron chi connectivity index (χ0n) is 11.2. The molecule has 17 heavy (non-hydrogen) atoms. The zero-order chi connectivity index (χ0) is 13.3. The molecule has 0 rings (SSSR count). The van der Waals surface area contributed by atoms with Gasteiger partial charge in [0.05, 0.1) is 0 Å². The van der Waals surface area contributed by atoms with Crippen LogP contribution in [0.3, 0.4) is 0 Å². The Kier molecular flexibility index (Phi) is 8.40. The summed E-state index contributed by atoms with van der Waals surface area (Å²) in [5.74, 6) is -0.114. The zero-order valence-corrected chi connectivity index (χ0v) is 11.2. The molecule has 0 aromatic carbocycles. The van der Waals surface area contributed by atoms with E-state index in [2.05, 4.69) is 5.32 Å². The van der Waals surface area contributed by atoms with Crippen molar-refractivity contribution in [3.05, 3.63) is 0 Å². The molecule has 5 heteroatoms. The highest BCUT2D eigenvalue weighted by atomic mass is 16.2. The number of carbonyl (C=O) groups is 2. The van der Waals surface area contributed by atoms with Crippen LogP contribution in [-0.2, 0) is 9.59 Å². The Morgan fingerprint density at radius 3 is 2.24 bits per heavy atom. The van der Waals surface area contributed by atoms with E-state index in [1.165, 1.54) is 0 Å². The van der Waals surface area contributed by atoms with E-state index in [4.69, 9.17) is 5.73 Å². The summed E-state index contributed by atoms with van der Waals surface area (Å²) in [7, 11) is 0. The highest BCUT2D eigenvalue weighted by molar-refractivity contribution is 5.80. The number of nitrogens with one attached hydrogen (secondary N) is 1. The molecule has 0 aliphatic carbocycles. The van der Waals surface area contributed by atoms with E-state index in [1.54, 1.807) is 4.90 Å². The van der Waals surface area contributed by atoms with Crippen LogP contribution in [0, 0.1) is 5.92 Å². The van der Waals surface area contributed by atoms with Gasteiger partial charge < -0.3 is 16.0 Å². The second-order valence-corrected chi connectivity index (χ2v) is 3.95. The molecule has 0 heterocycles. The van der Waals surface area contributed by atoms with Crippen molar-refractivity contribution in [3.8, 4) is 0 Å². The molecule has 0 bridgehead atoms. The van der Waals surface area contributed by atoms with Gasteiger partial charge in [-0.05, 0) is 20.3 Å². The van der Waals surface area contributed by atoms with Crippen molar-refractivity contribution in [2.45, 2.75) is 33.6 Å². The smallest absolute Gasteiger partial charge is 0.224 e. The number of hydrogen-bond acceptors (Lipinski definition) is 3. The summed E-state index contributed by atoms with van der Waals surface area (Å²) in [5, 5.41) is 2.75. The maximum Gasteiger partial charge on any atom is 0.224 e. The molecule has 0 radical (unpaired) electrons. The number of nitrogens with zero attached hydrogens (tertiary/aromatic N) is 1. The van der Waals surface area contributed by atoms with E-state index in [0.29, 0.717) is 32.6 Å². The molecular weight excluding hydrogens is 218 g/mol. The Balaban J connectivity index is 3.90. The van der Waals surface area contributed by atoms with Gasteiger partial charge in [0.15, 0.2) is 0 Å². The SMILES string of the molecule is CCC(CN)C(=O)NCCC(=O)N(CC)CC. The van der Waals surface area contributed by atoms with Crippen LogP contribution in [0.2, 0.25) is 0 Å². The van der Waals surface area contributed by atoms with Gasteiger partial charge >= 0.3 is 0 Å². The van der Waals surface area contributed by atoms with Gasteiger partial charge in [-0.2, -0.15) is 0 Å². The van der Waals surface area contributed by atoms with Gasteiger partial charge in [0, 0.05) is 38.5 Å². The first-order valence-corrected chi connectivity index (χ1v) is 6.36. The first kappa shape index (κ1) is 15.9. The Hall–Kier alpha value is -1.10. The van der Waals surface area contributed by atoms with E-state index in [0.717, 1.165) is 6.42 Å². The molecule has 1 atom stereocenters. The molecule has 5 nitrogen and oxygen atoms in total. The van der Waals surface area contributed by atoms with Crippen molar-refractivity contribution in [2.75, 3.05) is 26.2 Å². The van der Waals surface area contributed by atoms with Crippen LogP contribution in [0.1, 0.15) is 33.6 Å². The summed E-state index contributed by atoms with van der Waals surface area (Å²) < 4.78 is 0. The van der Waals surface area contributed by atoms with Gasteiger partial charge in [-0.3, -0.25) is 9.59 Å². The standard InChI is InChI=1S/C12H25N3O2/c1-4-10(9-13)12(17)14-8-7-11(16)15(5-2)6-3/h10H,4-9,13H2,1-3H3,(H,14,17). The van der Waals surface area contributed by atoms with Crippen LogP contribution >= 0.6 is 0 Å². The fourth-order valence-corrected chi connectivity index (χ4v) is 1.63. The molecule has 0 aliphatic rings. The fraction of sp³-hybridized carbons (Fsp3) is 0.833. The molecule has 0 fully saturated rings. The minimum atomic E-state index is -0.140. The molecule has 2 amide bonds. The largest absolute Gasteiger partial charge is 0.355 e. The average molecular weight is 243 g/mol. The summed E-state index contributed by atoms with van der Waals surface area (Å²) in [6.45, 7) is 7.99. The average Bonchev–Trinajstić information content (AvgIpc) is 2.32. The lowest BCUT2D eigenvalue weighted by Crippen LogP contribution is -2.38. The third-order valence-corrected chi connectivity index (χ3v) is 2.90. The first-order valence-electron chi connectivity index (χ1n) is 6.36. The van der Waals surface area contributed by atoms with Gasteiger partial charge in [-0.1, -0.05) is 6.92 Å². The lowest BCUT2D eigenvalue weighted by molar-refractivity contribution is -0.131. The predicted octanol–water partition coefficient (Wildman–Crippen LogP) is 0.346. The number of hydrogen-bond donors (Lipinski definition) is 2. The van der Waals surface area contributed by atoms with Crippen molar-refractivity contribution in [2.24, 2.45) is 11.7 Å². The monoisotopic (exact) mass is 243 g/mol. The topological polar surface area (TPSA) is 75.4 Å². The molecule has 0 aromatic heterocycles. The van der Waals surface area contributed by atoms with E-state index < -0.39 is 0 Å². The van der Waals surface area contributed by atoms with Crippen LogP contribution < -0.4 is 11.1 Å². The van der Waals surface area contributed by atoms with Crippen molar-refractivity contribution in [1.29, 1.82) is 0 Å². The Morgan fingerprint density at radius 2 is 1.82 bits per heavy atom. The minimum Gasteiger partial charge on any atom is -0.355 e. The predicted molar refractivity (Wildman–Crippen MR) is 68.4 cm³/mol. The molecule has 0 aromatic rings.